The molecule has 24 nitrogen and oxygen atoms in total. The highest BCUT2D eigenvalue weighted by molar-refractivity contribution is 5.58. The molecule has 112 heavy (non-hydrogen) atoms. The largest absolute Gasteiger partial charge is 0.317 e. The summed E-state index contributed by atoms with van der Waals surface area (Å²) in [5, 5.41) is 74.0. The van der Waals surface area contributed by atoms with Crippen molar-refractivity contribution in [2.24, 2.45) is 0 Å². The molecule has 12 atom stereocenters. The SMILES string of the molecule is CC(C)c1nnc(-c2ccccc2)n1C1CCNCC1.Cc1nnc(-c2ccccc2)n1C1CCNCC1.Cc1nnc(-c2ccccc2)n1C1C[C@H]2CC[C@@H](C1)N2.Cc1nnc(-c2ccccc2)n1C1C[C@H]2CC[C@@H](C1)N2.Cc1nnc(C(C)C)n1C1C[C@H]2CC[C@@H](C1)N2.Cc1nnc(C(C)C)n1C1C[C@H]2CC[C@@H](C1)N2. The molecule has 4 aromatic carbocycles. The van der Waals surface area contributed by atoms with E-state index >= 15 is 0 Å². The van der Waals surface area contributed by atoms with Crippen LogP contribution in [0.15, 0.2) is 121 Å². The highest BCUT2D eigenvalue weighted by atomic mass is 15.3. The van der Waals surface area contributed by atoms with Gasteiger partial charge in [0, 0.05) is 125 Å². The highest BCUT2D eigenvalue weighted by Crippen LogP contribution is 2.42. The standard InChI is InChI=1S/2C16H20N4.C16H22N4.C14H18N4.2C13H22N4/c2*1-11-18-19-16(12-5-3-2-4-6-12)20(11)15-9-13-7-8-14(10-15)17-13;1-12(2)15-18-19-16(13-6-4-3-5-7-13)20(15)14-8-10-17-11-9-14;1-11-16-17-14(12-5-3-2-4-6-12)18(11)13-7-9-15-10-8-13;2*1-8(2)13-16-15-9(3)17(13)12-6-10-4-5-11(7-12)14-10/h2*2-6,13-15,17H,7-10H2,1H3;3-7,12,14,17H,8-11H2,1-2H3;2-6,13,15H,7-10H2,1H3;2*8,10-12,14H,4-7H2,1-3H3/t2*13-,14+,15?;;;2*10-,11+,12?. The molecule has 6 N–H and O–H groups in total. The van der Waals surface area contributed by atoms with Crippen LogP contribution in [0.5, 0.6) is 0 Å². The van der Waals surface area contributed by atoms with Gasteiger partial charge in [0.25, 0.3) is 0 Å². The summed E-state index contributed by atoms with van der Waals surface area (Å²) in [6.45, 7) is 27.9. The summed E-state index contributed by atoms with van der Waals surface area (Å²) in [6, 6.07) is 50.5. The summed E-state index contributed by atoms with van der Waals surface area (Å²) < 4.78 is 14.2. The number of piperidine rings is 6. The van der Waals surface area contributed by atoms with E-state index in [4.69, 9.17) is 0 Å². The monoisotopic (exact) mass is 1520 g/mol. The van der Waals surface area contributed by atoms with Gasteiger partial charge in [-0.05, 0) is 189 Å². The van der Waals surface area contributed by atoms with E-state index in [2.05, 4.69) is 275 Å². The van der Waals surface area contributed by atoms with Crippen LogP contribution in [0.1, 0.15) is 271 Å². The number of aromatic nitrogens is 18. The topological polar surface area (TPSA) is 256 Å². The average molecular weight is 1520 g/mol. The minimum absolute atomic E-state index is 0.398. The van der Waals surface area contributed by atoms with Crippen molar-refractivity contribution in [3.05, 3.63) is 168 Å². The molecular weight excluding hydrogens is 1390 g/mol. The molecule has 4 unspecified atom stereocenters. The minimum atomic E-state index is 0.398. The lowest BCUT2D eigenvalue weighted by atomic mass is 9.98. The summed E-state index contributed by atoms with van der Waals surface area (Å²) in [4.78, 5) is 0. The number of aryl methyl sites for hydroxylation is 5. The van der Waals surface area contributed by atoms with Crippen LogP contribution in [0.3, 0.4) is 0 Å². The third kappa shape index (κ3) is 18.2. The third-order valence-corrected chi connectivity index (χ3v) is 25.4. The first-order valence-corrected chi connectivity index (χ1v) is 42.7. The fourth-order valence-corrected chi connectivity index (χ4v) is 20.2. The second-order valence-electron chi connectivity index (χ2n) is 34.5. The maximum Gasteiger partial charge on any atom is 0.164 e. The lowest BCUT2D eigenvalue weighted by molar-refractivity contribution is 0.288. The lowest BCUT2D eigenvalue weighted by Crippen LogP contribution is -2.39. The number of nitrogens with one attached hydrogen (secondary N) is 6. The molecule has 10 aliphatic rings. The van der Waals surface area contributed by atoms with Crippen LogP contribution in [0, 0.1) is 34.6 Å². The van der Waals surface area contributed by atoms with Gasteiger partial charge in [0.2, 0.25) is 0 Å². The first-order valence-electron chi connectivity index (χ1n) is 42.7. The van der Waals surface area contributed by atoms with Crippen molar-refractivity contribution in [3.63, 3.8) is 0 Å². The molecule has 0 saturated carbocycles. The average Bonchev–Trinajstić information content (AvgIpc) is 1.67. The van der Waals surface area contributed by atoms with Gasteiger partial charge in [-0.3, -0.25) is 0 Å². The molecule has 16 heterocycles. The van der Waals surface area contributed by atoms with Gasteiger partial charge in [-0.15, -0.1) is 61.2 Å². The van der Waals surface area contributed by atoms with Crippen LogP contribution in [-0.4, -0.2) is 163 Å². The second kappa shape index (κ2) is 36.3. The zero-order valence-electron chi connectivity index (χ0n) is 68.4. The minimum Gasteiger partial charge on any atom is -0.317 e. The second-order valence-corrected chi connectivity index (χ2v) is 34.5. The normalized spacial score (nSPS) is 25.8. The molecule has 0 amide bonds. The van der Waals surface area contributed by atoms with Crippen molar-refractivity contribution in [1.82, 2.24) is 120 Å². The Morgan fingerprint density at radius 2 is 0.446 bits per heavy atom. The summed E-state index contributed by atoms with van der Waals surface area (Å²) in [5.74, 6) is 14.1. The van der Waals surface area contributed by atoms with Crippen molar-refractivity contribution in [3.8, 4) is 45.6 Å². The van der Waals surface area contributed by atoms with Crippen molar-refractivity contribution >= 4 is 0 Å². The van der Waals surface area contributed by atoms with E-state index in [-0.39, 0.29) is 0 Å². The summed E-state index contributed by atoms with van der Waals surface area (Å²) in [7, 11) is 0. The van der Waals surface area contributed by atoms with Crippen LogP contribution in [0.2, 0.25) is 0 Å². The van der Waals surface area contributed by atoms with Crippen molar-refractivity contribution in [1.29, 1.82) is 0 Å². The van der Waals surface area contributed by atoms with E-state index in [0.29, 0.717) is 78.2 Å². The van der Waals surface area contributed by atoms with Gasteiger partial charge < -0.3 is 59.3 Å². The number of benzene rings is 4. The van der Waals surface area contributed by atoms with Gasteiger partial charge in [-0.1, -0.05) is 163 Å². The zero-order valence-corrected chi connectivity index (χ0v) is 68.4. The number of rotatable bonds is 13. The summed E-state index contributed by atoms with van der Waals surface area (Å²) >= 11 is 0. The van der Waals surface area contributed by atoms with Crippen LogP contribution < -0.4 is 31.9 Å². The van der Waals surface area contributed by atoms with Gasteiger partial charge in [-0.25, -0.2) is 0 Å². The number of hydrogen-bond donors (Lipinski definition) is 6. The number of hydrogen-bond acceptors (Lipinski definition) is 18. The molecule has 10 aromatic rings. The third-order valence-electron chi connectivity index (χ3n) is 25.4. The molecule has 0 radical (unpaired) electrons. The Balaban J connectivity index is 0.000000106. The van der Waals surface area contributed by atoms with Crippen LogP contribution in [0.4, 0.5) is 0 Å². The first kappa shape index (κ1) is 78.7. The predicted molar refractivity (Wildman–Crippen MR) is 443 cm³/mol. The molecule has 24 heteroatoms. The molecule has 20 rings (SSSR count). The molecule has 10 saturated heterocycles. The van der Waals surface area contributed by atoms with E-state index in [1.807, 2.05) is 43.3 Å². The Kier molecular flexibility index (Phi) is 25.5. The summed E-state index contributed by atoms with van der Waals surface area (Å²) in [5.41, 5.74) is 4.64. The molecular formula is C88H124N24. The Labute approximate surface area is 663 Å². The Morgan fingerprint density at radius 1 is 0.241 bits per heavy atom. The van der Waals surface area contributed by atoms with E-state index in [0.717, 1.165) is 157 Å². The number of fused-ring (bicyclic) bond motifs is 8. The molecule has 0 aliphatic carbocycles. The molecule has 10 fully saturated rings. The van der Waals surface area contributed by atoms with E-state index in [1.165, 1.54) is 114 Å². The molecule has 10 aliphatic heterocycles. The van der Waals surface area contributed by atoms with Crippen molar-refractivity contribution in [2.75, 3.05) is 26.2 Å². The van der Waals surface area contributed by atoms with Gasteiger partial charge in [0.1, 0.15) is 46.6 Å². The predicted octanol–water partition coefficient (Wildman–Crippen LogP) is 14.9. The fraction of sp³-hybridized carbons (Fsp3) is 0.591. The van der Waals surface area contributed by atoms with Gasteiger partial charge >= 0.3 is 0 Å². The lowest BCUT2D eigenvalue weighted by Gasteiger charge is -2.31. The molecule has 6 aromatic heterocycles. The van der Waals surface area contributed by atoms with E-state index in [9.17, 15) is 0 Å². The van der Waals surface area contributed by atoms with Gasteiger partial charge in [0.05, 0.1) is 0 Å². The maximum absolute atomic E-state index is 4.48. The Hall–Kier alpha value is -8.52. The maximum atomic E-state index is 4.48. The Morgan fingerprint density at radius 3 is 0.723 bits per heavy atom. The molecule has 596 valence electrons. The van der Waals surface area contributed by atoms with Gasteiger partial charge in [0.15, 0.2) is 23.3 Å². The van der Waals surface area contributed by atoms with E-state index in [1.54, 1.807) is 0 Å². The quantitative estimate of drug-likeness (QED) is 0.0627. The van der Waals surface area contributed by atoms with Crippen LogP contribution in [0.25, 0.3) is 45.6 Å². The molecule has 0 spiro atoms. The van der Waals surface area contributed by atoms with Crippen LogP contribution in [-0.2, 0) is 0 Å². The molecule has 8 bridgehead atoms. The van der Waals surface area contributed by atoms with Crippen molar-refractivity contribution < 1.29 is 0 Å². The van der Waals surface area contributed by atoms with E-state index < -0.39 is 0 Å². The van der Waals surface area contributed by atoms with Gasteiger partial charge in [-0.2, -0.15) is 0 Å². The van der Waals surface area contributed by atoms with Crippen LogP contribution >= 0.6 is 0 Å². The summed E-state index contributed by atoms with van der Waals surface area (Å²) in [6.07, 6.45) is 25.1. The first-order chi connectivity index (χ1) is 54.5. The number of nitrogens with zero attached hydrogens (tertiary/aromatic N) is 18. The smallest absolute Gasteiger partial charge is 0.164 e. The zero-order chi connectivity index (χ0) is 77.4. The van der Waals surface area contributed by atoms with Crippen molar-refractivity contribution in [2.45, 2.75) is 307 Å². The fourth-order valence-electron chi connectivity index (χ4n) is 20.2. The highest BCUT2D eigenvalue weighted by Gasteiger charge is 2.40. The Bertz CT molecular complexity index is 4340.